The molecular formula is C13H14N2. The van der Waals surface area contributed by atoms with Gasteiger partial charge >= 0.3 is 0 Å². The van der Waals surface area contributed by atoms with Gasteiger partial charge < -0.3 is 9.88 Å². The van der Waals surface area contributed by atoms with E-state index in [2.05, 4.69) is 54.2 Å². The normalized spacial score (nSPS) is 18.9. The standard InChI is InChI=1S/C13H14N2/c1-9-13-11(7-8-14-9)10-5-3-4-6-12(10)15(13)2/h3-9,14H,1-2H3. The van der Waals surface area contributed by atoms with Crippen molar-refractivity contribution < 1.29 is 0 Å². The highest BCUT2D eigenvalue weighted by atomic mass is 15.0. The van der Waals surface area contributed by atoms with Gasteiger partial charge in [-0.25, -0.2) is 0 Å². The second-order valence-electron chi connectivity index (χ2n) is 4.10. The van der Waals surface area contributed by atoms with Crippen LogP contribution in [0, 0.1) is 0 Å². The molecule has 1 N–H and O–H groups in total. The Bertz CT molecular complexity index is 549. The smallest absolute Gasteiger partial charge is 0.0638 e. The molecule has 0 fully saturated rings. The zero-order valence-electron chi connectivity index (χ0n) is 8.99. The lowest BCUT2D eigenvalue weighted by molar-refractivity contribution is 0.629. The summed E-state index contributed by atoms with van der Waals surface area (Å²) in [5, 5.41) is 4.69. The highest BCUT2D eigenvalue weighted by Gasteiger charge is 2.19. The van der Waals surface area contributed by atoms with Gasteiger partial charge in [0.15, 0.2) is 0 Å². The molecule has 2 nitrogen and oxygen atoms in total. The lowest BCUT2D eigenvalue weighted by atomic mass is 10.0. The summed E-state index contributed by atoms with van der Waals surface area (Å²) in [6.07, 6.45) is 4.21. The van der Waals surface area contributed by atoms with Crippen molar-refractivity contribution in [3.05, 3.63) is 41.7 Å². The zero-order chi connectivity index (χ0) is 10.4. The highest BCUT2D eigenvalue weighted by molar-refractivity contribution is 5.91. The third-order valence-electron chi connectivity index (χ3n) is 3.20. The first-order chi connectivity index (χ1) is 7.29. The number of rotatable bonds is 0. The summed E-state index contributed by atoms with van der Waals surface area (Å²) < 4.78 is 2.28. The minimum atomic E-state index is 0.391. The minimum absolute atomic E-state index is 0.391. The minimum Gasteiger partial charge on any atom is -0.383 e. The van der Waals surface area contributed by atoms with E-state index in [9.17, 15) is 0 Å². The number of aromatic nitrogens is 1. The number of aryl methyl sites for hydroxylation is 1. The molecule has 15 heavy (non-hydrogen) atoms. The highest BCUT2D eigenvalue weighted by Crippen LogP contribution is 2.32. The Hall–Kier alpha value is -1.70. The molecule has 2 heterocycles. The van der Waals surface area contributed by atoms with E-state index in [1.807, 2.05) is 6.20 Å². The summed E-state index contributed by atoms with van der Waals surface area (Å²) in [5.74, 6) is 0. The average Bonchev–Trinajstić information content (AvgIpc) is 2.55. The van der Waals surface area contributed by atoms with Gasteiger partial charge in [-0.3, -0.25) is 0 Å². The van der Waals surface area contributed by atoms with E-state index < -0.39 is 0 Å². The molecular weight excluding hydrogens is 184 g/mol. The van der Waals surface area contributed by atoms with Crippen molar-refractivity contribution in [2.75, 3.05) is 0 Å². The number of para-hydroxylation sites is 1. The fourth-order valence-corrected chi connectivity index (χ4v) is 2.50. The maximum absolute atomic E-state index is 3.34. The molecule has 0 aliphatic carbocycles. The van der Waals surface area contributed by atoms with Gasteiger partial charge in [0.1, 0.15) is 0 Å². The molecule has 3 rings (SSSR count). The van der Waals surface area contributed by atoms with E-state index in [4.69, 9.17) is 0 Å². The molecule has 1 unspecified atom stereocenters. The predicted molar refractivity (Wildman–Crippen MR) is 63.5 cm³/mol. The lowest BCUT2D eigenvalue weighted by Crippen LogP contribution is -2.18. The van der Waals surface area contributed by atoms with Crippen molar-refractivity contribution in [1.29, 1.82) is 0 Å². The molecule has 0 saturated heterocycles. The van der Waals surface area contributed by atoms with E-state index in [1.165, 1.54) is 22.2 Å². The van der Waals surface area contributed by atoms with E-state index in [-0.39, 0.29) is 0 Å². The summed E-state index contributed by atoms with van der Waals surface area (Å²) in [6, 6.07) is 8.95. The van der Waals surface area contributed by atoms with Crippen LogP contribution in [0.5, 0.6) is 0 Å². The summed E-state index contributed by atoms with van der Waals surface area (Å²) in [6.45, 7) is 2.20. The Kier molecular flexibility index (Phi) is 1.66. The monoisotopic (exact) mass is 198 g/mol. The van der Waals surface area contributed by atoms with Crippen LogP contribution in [0.4, 0.5) is 0 Å². The van der Waals surface area contributed by atoms with Crippen LogP contribution in [0.15, 0.2) is 30.5 Å². The molecule has 0 spiro atoms. The van der Waals surface area contributed by atoms with Gasteiger partial charge in [0.2, 0.25) is 0 Å². The van der Waals surface area contributed by atoms with Crippen LogP contribution in [0.1, 0.15) is 24.2 Å². The van der Waals surface area contributed by atoms with Gasteiger partial charge in [0, 0.05) is 29.2 Å². The Balaban J connectivity index is 2.46. The van der Waals surface area contributed by atoms with Crippen molar-refractivity contribution in [3.63, 3.8) is 0 Å². The van der Waals surface area contributed by atoms with Gasteiger partial charge in [-0.15, -0.1) is 0 Å². The molecule has 1 aromatic heterocycles. The fourth-order valence-electron chi connectivity index (χ4n) is 2.50. The molecule has 1 atom stereocenters. The first kappa shape index (κ1) is 8.60. The fraction of sp³-hybridized carbons (Fsp3) is 0.231. The van der Waals surface area contributed by atoms with Gasteiger partial charge in [-0.1, -0.05) is 18.2 Å². The Morgan fingerprint density at radius 1 is 1.27 bits per heavy atom. The number of nitrogens with zero attached hydrogens (tertiary/aromatic N) is 1. The van der Waals surface area contributed by atoms with Crippen molar-refractivity contribution >= 4 is 17.0 Å². The topological polar surface area (TPSA) is 17.0 Å². The van der Waals surface area contributed by atoms with E-state index in [0.717, 1.165) is 0 Å². The summed E-state index contributed by atoms with van der Waals surface area (Å²) in [7, 11) is 2.14. The van der Waals surface area contributed by atoms with Crippen LogP contribution >= 0.6 is 0 Å². The van der Waals surface area contributed by atoms with Crippen molar-refractivity contribution in [2.24, 2.45) is 7.05 Å². The first-order valence-electron chi connectivity index (χ1n) is 5.29. The van der Waals surface area contributed by atoms with Crippen LogP contribution in [0.25, 0.3) is 17.0 Å². The Labute approximate surface area is 89.2 Å². The molecule has 76 valence electrons. The molecule has 0 saturated carbocycles. The molecule has 2 aromatic rings. The predicted octanol–water partition coefficient (Wildman–Crippen LogP) is 2.81. The zero-order valence-corrected chi connectivity index (χ0v) is 8.99. The SMILES string of the molecule is CC1NC=Cc2c1n(C)c1ccccc21. The van der Waals surface area contributed by atoms with E-state index >= 15 is 0 Å². The third-order valence-corrected chi connectivity index (χ3v) is 3.20. The molecule has 0 radical (unpaired) electrons. The van der Waals surface area contributed by atoms with E-state index in [1.54, 1.807) is 0 Å². The van der Waals surface area contributed by atoms with Gasteiger partial charge in [-0.2, -0.15) is 0 Å². The van der Waals surface area contributed by atoms with Crippen LogP contribution in [-0.2, 0) is 7.05 Å². The molecule has 1 aromatic carbocycles. The maximum Gasteiger partial charge on any atom is 0.0638 e. The van der Waals surface area contributed by atoms with Crippen LogP contribution in [0.2, 0.25) is 0 Å². The number of benzene rings is 1. The largest absolute Gasteiger partial charge is 0.383 e. The summed E-state index contributed by atoms with van der Waals surface area (Å²) >= 11 is 0. The van der Waals surface area contributed by atoms with Gasteiger partial charge in [-0.05, 0) is 25.3 Å². The molecule has 1 aliphatic rings. The first-order valence-corrected chi connectivity index (χ1v) is 5.29. The maximum atomic E-state index is 3.34. The lowest BCUT2D eigenvalue weighted by Gasteiger charge is -2.18. The summed E-state index contributed by atoms with van der Waals surface area (Å²) in [5.41, 5.74) is 4.04. The number of hydrogen-bond donors (Lipinski definition) is 1. The quantitative estimate of drug-likeness (QED) is 0.688. The Morgan fingerprint density at radius 3 is 2.93 bits per heavy atom. The second-order valence-corrected chi connectivity index (χ2v) is 4.10. The average molecular weight is 198 g/mol. The van der Waals surface area contributed by atoms with Gasteiger partial charge in [0.25, 0.3) is 0 Å². The van der Waals surface area contributed by atoms with Gasteiger partial charge in [0.05, 0.1) is 6.04 Å². The van der Waals surface area contributed by atoms with E-state index in [0.29, 0.717) is 6.04 Å². The number of nitrogens with one attached hydrogen (secondary N) is 1. The van der Waals surface area contributed by atoms with Crippen LogP contribution in [-0.4, -0.2) is 4.57 Å². The van der Waals surface area contributed by atoms with Crippen molar-refractivity contribution in [1.82, 2.24) is 9.88 Å². The molecule has 1 aliphatic heterocycles. The van der Waals surface area contributed by atoms with Crippen molar-refractivity contribution in [2.45, 2.75) is 13.0 Å². The summed E-state index contributed by atoms with van der Waals surface area (Å²) in [4.78, 5) is 0. The molecule has 2 heteroatoms. The van der Waals surface area contributed by atoms with Crippen LogP contribution in [0.3, 0.4) is 0 Å². The van der Waals surface area contributed by atoms with Crippen molar-refractivity contribution in [3.8, 4) is 0 Å². The number of hydrogen-bond acceptors (Lipinski definition) is 1. The van der Waals surface area contributed by atoms with Crippen LogP contribution < -0.4 is 5.32 Å². The molecule has 0 amide bonds. The second kappa shape index (κ2) is 2.89. The third kappa shape index (κ3) is 1.05. The molecule has 0 bridgehead atoms. The Morgan fingerprint density at radius 2 is 2.07 bits per heavy atom. The number of fused-ring (bicyclic) bond motifs is 3.